The molecule has 0 spiro atoms. The Morgan fingerprint density at radius 3 is 2.73 bits per heavy atom. The second-order valence-corrected chi connectivity index (χ2v) is 7.37. The van der Waals surface area contributed by atoms with E-state index in [1.165, 1.54) is 5.69 Å². The molecule has 0 bridgehead atoms. The molecule has 0 aliphatic carbocycles. The molecule has 8 heteroatoms. The van der Waals surface area contributed by atoms with Crippen LogP contribution in [0.3, 0.4) is 0 Å². The van der Waals surface area contributed by atoms with Gasteiger partial charge in [-0.15, -0.1) is 10.2 Å². The number of unbranched alkanes of at least 4 members (excludes halogenated alkanes) is 1. The average Bonchev–Trinajstić information content (AvgIpc) is 3.33. The van der Waals surface area contributed by atoms with Gasteiger partial charge in [-0.05, 0) is 43.5 Å². The van der Waals surface area contributed by atoms with Gasteiger partial charge in [-0.1, -0.05) is 15.9 Å². The third-order valence-electron chi connectivity index (χ3n) is 4.55. The number of aliphatic imine (C=N–C) groups is 1. The van der Waals surface area contributed by atoms with E-state index in [0.717, 1.165) is 55.9 Å². The molecule has 2 heterocycles. The summed E-state index contributed by atoms with van der Waals surface area (Å²) >= 11 is 3.49. The fourth-order valence-corrected chi connectivity index (χ4v) is 3.38. The lowest BCUT2D eigenvalue weighted by Gasteiger charge is -2.20. The van der Waals surface area contributed by atoms with Gasteiger partial charge in [0.1, 0.15) is 12.7 Å². The van der Waals surface area contributed by atoms with Crippen LogP contribution in [0.2, 0.25) is 0 Å². The summed E-state index contributed by atoms with van der Waals surface area (Å²) in [6, 6.07) is 8.93. The normalized spacial score (nSPS) is 17.5. The van der Waals surface area contributed by atoms with E-state index in [4.69, 9.17) is 0 Å². The van der Waals surface area contributed by atoms with Gasteiger partial charge in [0.15, 0.2) is 5.96 Å². The van der Waals surface area contributed by atoms with Crippen molar-refractivity contribution in [3.05, 3.63) is 41.4 Å². The molecule has 3 rings (SSSR count). The molecule has 7 nitrogen and oxygen atoms in total. The Hall–Kier alpha value is -2.09. The van der Waals surface area contributed by atoms with Gasteiger partial charge < -0.3 is 20.1 Å². The van der Waals surface area contributed by atoms with Gasteiger partial charge in [0, 0.05) is 49.4 Å². The summed E-state index contributed by atoms with van der Waals surface area (Å²) in [7, 11) is 1.83. The molecule has 1 aliphatic rings. The lowest BCUT2D eigenvalue weighted by Crippen LogP contribution is -2.44. The zero-order valence-corrected chi connectivity index (χ0v) is 16.7. The number of hydrogen-bond donors (Lipinski definition) is 2. The Kier molecular flexibility index (Phi) is 6.88. The van der Waals surface area contributed by atoms with Crippen molar-refractivity contribution in [3.8, 4) is 0 Å². The van der Waals surface area contributed by atoms with Gasteiger partial charge in [-0.25, -0.2) is 0 Å². The van der Waals surface area contributed by atoms with Gasteiger partial charge in [0.25, 0.3) is 0 Å². The molecule has 1 aromatic heterocycles. The molecule has 1 fully saturated rings. The summed E-state index contributed by atoms with van der Waals surface area (Å²) in [4.78, 5) is 6.77. The van der Waals surface area contributed by atoms with Gasteiger partial charge in [0.05, 0.1) is 0 Å². The standard InChI is InChI=1S/C18H26BrN7/c1-20-18(21-9-2-3-10-25-13-22-23-14-25)24-16-8-11-26(12-16)17-6-4-15(19)5-7-17/h4-7,13-14,16H,2-3,8-12H2,1H3,(H2,20,21,24). The van der Waals surface area contributed by atoms with Crippen LogP contribution < -0.4 is 15.5 Å². The second-order valence-electron chi connectivity index (χ2n) is 6.46. The Labute approximate surface area is 163 Å². The molecule has 1 saturated heterocycles. The maximum atomic E-state index is 4.35. The first kappa shape index (κ1) is 18.7. The number of benzene rings is 1. The van der Waals surface area contributed by atoms with Crippen LogP contribution in [0.25, 0.3) is 0 Å². The monoisotopic (exact) mass is 419 g/mol. The van der Waals surface area contributed by atoms with E-state index in [-0.39, 0.29) is 0 Å². The van der Waals surface area contributed by atoms with Crippen LogP contribution in [0.5, 0.6) is 0 Å². The van der Waals surface area contributed by atoms with Gasteiger partial charge in [-0.3, -0.25) is 4.99 Å². The van der Waals surface area contributed by atoms with Crippen molar-refractivity contribution in [2.45, 2.75) is 31.8 Å². The summed E-state index contributed by atoms with van der Waals surface area (Å²) in [5.74, 6) is 0.886. The molecule has 2 aromatic rings. The van der Waals surface area contributed by atoms with E-state index in [9.17, 15) is 0 Å². The molecular formula is C18H26BrN7. The lowest BCUT2D eigenvalue weighted by atomic mass is 10.2. The third-order valence-corrected chi connectivity index (χ3v) is 5.08. The molecule has 1 unspecified atom stereocenters. The van der Waals surface area contributed by atoms with E-state index in [1.807, 2.05) is 11.6 Å². The molecule has 1 aliphatic heterocycles. The maximum absolute atomic E-state index is 4.35. The van der Waals surface area contributed by atoms with E-state index in [0.29, 0.717) is 6.04 Å². The Morgan fingerprint density at radius 1 is 1.23 bits per heavy atom. The highest BCUT2D eigenvalue weighted by atomic mass is 79.9. The minimum absolute atomic E-state index is 0.418. The number of aryl methyl sites for hydroxylation is 1. The molecule has 26 heavy (non-hydrogen) atoms. The van der Waals surface area contributed by atoms with Gasteiger partial charge >= 0.3 is 0 Å². The maximum Gasteiger partial charge on any atom is 0.191 e. The lowest BCUT2D eigenvalue weighted by molar-refractivity contribution is 0.590. The Balaban J connectivity index is 1.36. The molecule has 140 valence electrons. The quantitative estimate of drug-likeness (QED) is 0.409. The predicted molar refractivity (Wildman–Crippen MR) is 109 cm³/mol. The summed E-state index contributed by atoms with van der Waals surface area (Å²) in [5, 5.41) is 14.6. The molecule has 2 N–H and O–H groups in total. The summed E-state index contributed by atoms with van der Waals surface area (Å²) in [5.41, 5.74) is 1.27. The average molecular weight is 420 g/mol. The number of halogens is 1. The highest BCUT2D eigenvalue weighted by Crippen LogP contribution is 2.22. The fourth-order valence-electron chi connectivity index (χ4n) is 3.12. The Bertz CT molecular complexity index is 684. The largest absolute Gasteiger partial charge is 0.369 e. The van der Waals surface area contributed by atoms with E-state index >= 15 is 0 Å². The molecule has 0 amide bonds. The smallest absolute Gasteiger partial charge is 0.191 e. The van der Waals surface area contributed by atoms with Crippen LogP contribution in [0, 0.1) is 0 Å². The van der Waals surface area contributed by atoms with Crippen molar-refractivity contribution >= 4 is 27.6 Å². The number of guanidine groups is 1. The highest BCUT2D eigenvalue weighted by Gasteiger charge is 2.23. The number of nitrogens with zero attached hydrogens (tertiary/aromatic N) is 5. The van der Waals surface area contributed by atoms with Crippen molar-refractivity contribution < 1.29 is 0 Å². The first-order valence-electron chi connectivity index (χ1n) is 9.04. The van der Waals surface area contributed by atoms with Gasteiger partial charge in [-0.2, -0.15) is 0 Å². The van der Waals surface area contributed by atoms with Crippen LogP contribution >= 0.6 is 15.9 Å². The summed E-state index contributed by atoms with van der Waals surface area (Å²) in [6.45, 7) is 3.92. The van der Waals surface area contributed by atoms with Crippen LogP contribution in [0.1, 0.15) is 19.3 Å². The minimum Gasteiger partial charge on any atom is -0.369 e. The number of anilines is 1. The molecular weight excluding hydrogens is 394 g/mol. The summed E-state index contributed by atoms with van der Waals surface area (Å²) in [6.07, 6.45) is 6.79. The minimum atomic E-state index is 0.418. The van der Waals surface area contributed by atoms with Crippen molar-refractivity contribution in [2.24, 2.45) is 4.99 Å². The molecule has 0 saturated carbocycles. The van der Waals surface area contributed by atoms with E-state index < -0.39 is 0 Å². The van der Waals surface area contributed by atoms with Crippen LogP contribution in [-0.2, 0) is 6.54 Å². The van der Waals surface area contributed by atoms with Crippen LogP contribution in [0.15, 0.2) is 46.4 Å². The topological polar surface area (TPSA) is 70.4 Å². The van der Waals surface area contributed by atoms with Crippen LogP contribution in [-0.4, -0.2) is 53.4 Å². The summed E-state index contributed by atoms with van der Waals surface area (Å²) < 4.78 is 3.12. The molecule has 0 radical (unpaired) electrons. The van der Waals surface area contributed by atoms with Crippen LogP contribution in [0.4, 0.5) is 5.69 Å². The third kappa shape index (κ3) is 5.45. The zero-order chi connectivity index (χ0) is 18.2. The number of aromatic nitrogens is 3. The number of rotatable bonds is 7. The van der Waals surface area contributed by atoms with Crippen molar-refractivity contribution in [3.63, 3.8) is 0 Å². The first-order valence-corrected chi connectivity index (χ1v) is 9.84. The molecule has 1 atom stereocenters. The first-order chi connectivity index (χ1) is 12.7. The zero-order valence-electron chi connectivity index (χ0n) is 15.1. The second kappa shape index (κ2) is 9.56. The van der Waals surface area contributed by atoms with Crippen molar-refractivity contribution in [1.29, 1.82) is 0 Å². The number of nitrogens with one attached hydrogen (secondary N) is 2. The van der Waals surface area contributed by atoms with E-state index in [1.54, 1.807) is 12.7 Å². The highest BCUT2D eigenvalue weighted by molar-refractivity contribution is 9.10. The number of hydrogen-bond acceptors (Lipinski definition) is 4. The molecule has 1 aromatic carbocycles. The van der Waals surface area contributed by atoms with Crippen molar-refractivity contribution in [1.82, 2.24) is 25.4 Å². The fraction of sp³-hybridized carbons (Fsp3) is 0.500. The van der Waals surface area contributed by atoms with E-state index in [2.05, 4.69) is 70.9 Å². The van der Waals surface area contributed by atoms with Gasteiger partial charge in [0.2, 0.25) is 0 Å². The predicted octanol–water partition coefficient (Wildman–Crippen LogP) is 2.26. The van der Waals surface area contributed by atoms with Crippen molar-refractivity contribution in [2.75, 3.05) is 31.6 Å². The SMILES string of the molecule is CN=C(NCCCCn1cnnc1)NC1CCN(c2ccc(Br)cc2)C1. The Morgan fingerprint density at radius 2 is 2.00 bits per heavy atom.